The summed E-state index contributed by atoms with van der Waals surface area (Å²) < 4.78 is 21.4. The average molecular weight is 515 g/mol. The molecular formula is C23H24ClFN8O3. The van der Waals surface area contributed by atoms with Crippen molar-refractivity contribution in [2.45, 2.75) is 13.0 Å². The van der Waals surface area contributed by atoms with E-state index in [1.54, 1.807) is 10.6 Å². The van der Waals surface area contributed by atoms with Gasteiger partial charge in [0.05, 0.1) is 25.1 Å². The molecule has 0 bridgehead atoms. The van der Waals surface area contributed by atoms with Gasteiger partial charge in [-0.25, -0.2) is 14.2 Å². The number of morpholine rings is 1. The van der Waals surface area contributed by atoms with Crippen molar-refractivity contribution in [3.8, 4) is 0 Å². The Bertz CT molecular complexity index is 1350. The van der Waals surface area contributed by atoms with Gasteiger partial charge in [0.25, 0.3) is 5.91 Å². The highest BCUT2D eigenvalue weighted by Crippen LogP contribution is 2.26. The number of halogens is 2. The largest absolute Gasteiger partial charge is 0.379 e. The summed E-state index contributed by atoms with van der Waals surface area (Å²) in [6.07, 6.45) is 3.02. The molecule has 0 aliphatic carbocycles. The van der Waals surface area contributed by atoms with E-state index in [9.17, 15) is 14.0 Å². The molecule has 2 aliphatic rings. The van der Waals surface area contributed by atoms with E-state index in [1.807, 2.05) is 0 Å². The number of rotatable bonds is 7. The van der Waals surface area contributed by atoms with Gasteiger partial charge in [-0.15, -0.1) is 0 Å². The quantitative estimate of drug-likeness (QED) is 0.280. The van der Waals surface area contributed by atoms with Gasteiger partial charge >= 0.3 is 6.03 Å². The minimum Gasteiger partial charge on any atom is -0.379 e. The molecule has 4 N–H and O–H groups in total. The minimum atomic E-state index is -0.603. The van der Waals surface area contributed by atoms with E-state index in [0.717, 1.165) is 13.1 Å². The molecule has 2 fully saturated rings. The second-order valence-electron chi connectivity index (χ2n) is 8.46. The van der Waals surface area contributed by atoms with Crippen LogP contribution in [0.4, 0.5) is 26.5 Å². The molecule has 0 saturated carbocycles. The van der Waals surface area contributed by atoms with Crippen molar-refractivity contribution in [2.24, 2.45) is 0 Å². The van der Waals surface area contributed by atoms with E-state index in [4.69, 9.17) is 16.3 Å². The topological polar surface area (TPSA) is 125 Å². The van der Waals surface area contributed by atoms with Crippen LogP contribution in [-0.4, -0.2) is 70.3 Å². The van der Waals surface area contributed by atoms with Crippen LogP contribution in [0.2, 0.25) is 5.02 Å². The zero-order valence-electron chi connectivity index (χ0n) is 19.3. The lowest BCUT2D eigenvalue weighted by atomic mass is 10.2. The van der Waals surface area contributed by atoms with Gasteiger partial charge in [0, 0.05) is 42.3 Å². The maximum Gasteiger partial charge on any atom is 0.326 e. The predicted molar refractivity (Wildman–Crippen MR) is 133 cm³/mol. The molecule has 4 heterocycles. The van der Waals surface area contributed by atoms with Gasteiger partial charge in [0.1, 0.15) is 23.1 Å². The Hall–Kier alpha value is -3.74. The number of benzene rings is 1. The molecule has 2 saturated heterocycles. The third-order valence-electron chi connectivity index (χ3n) is 5.96. The number of nitrogens with zero attached hydrogens (tertiary/aromatic N) is 4. The Kier molecular flexibility index (Phi) is 6.72. The van der Waals surface area contributed by atoms with Crippen molar-refractivity contribution in [1.82, 2.24) is 30.1 Å². The number of hydrogen-bond donors (Lipinski definition) is 4. The molecule has 36 heavy (non-hydrogen) atoms. The molecule has 5 rings (SSSR count). The third kappa shape index (κ3) is 5.10. The van der Waals surface area contributed by atoms with Crippen molar-refractivity contribution in [2.75, 3.05) is 43.5 Å². The van der Waals surface area contributed by atoms with Crippen molar-refractivity contribution < 1.29 is 18.7 Å². The highest BCUT2D eigenvalue weighted by molar-refractivity contribution is 6.30. The number of ether oxygens (including phenoxy) is 1. The lowest BCUT2D eigenvalue weighted by Crippen LogP contribution is -2.45. The fourth-order valence-electron chi connectivity index (χ4n) is 4.04. The van der Waals surface area contributed by atoms with E-state index in [2.05, 4.69) is 43.2 Å². The summed E-state index contributed by atoms with van der Waals surface area (Å²) in [5.41, 5.74) is 1.12. The fraction of sp³-hybridized carbons (Fsp3) is 0.304. The molecule has 188 valence electrons. The number of carbonyl (C=O) groups excluding carboxylic acids is 2. The summed E-state index contributed by atoms with van der Waals surface area (Å²) in [5, 5.41) is 15.8. The van der Waals surface area contributed by atoms with Crippen LogP contribution >= 0.6 is 11.6 Å². The van der Waals surface area contributed by atoms with Crippen molar-refractivity contribution in [1.29, 1.82) is 0 Å². The number of nitrogens with one attached hydrogen (secondary N) is 4. The Morgan fingerprint density at radius 1 is 1.25 bits per heavy atom. The van der Waals surface area contributed by atoms with E-state index in [1.165, 1.54) is 30.5 Å². The summed E-state index contributed by atoms with van der Waals surface area (Å²) in [6, 6.07) is 5.52. The van der Waals surface area contributed by atoms with Gasteiger partial charge in [-0.2, -0.15) is 9.61 Å². The number of urea groups is 1. The predicted octanol–water partition coefficient (Wildman–Crippen LogP) is 2.58. The molecule has 13 heteroatoms. The molecule has 0 spiro atoms. The Morgan fingerprint density at radius 3 is 2.81 bits per heavy atom. The first-order valence-electron chi connectivity index (χ1n) is 11.4. The van der Waals surface area contributed by atoms with Crippen LogP contribution in [0.3, 0.4) is 0 Å². The zero-order valence-corrected chi connectivity index (χ0v) is 20.1. The number of aromatic nitrogens is 3. The number of amides is 3. The smallest absolute Gasteiger partial charge is 0.326 e. The van der Waals surface area contributed by atoms with Crippen LogP contribution in [0.1, 0.15) is 12.5 Å². The van der Waals surface area contributed by atoms with Gasteiger partial charge < -0.3 is 20.7 Å². The molecule has 3 amide bonds. The molecule has 1 atom stereocenters. The number of fused-ring (bicyclic) bond motifs is 1. The first-order valence-corrected chi connectivity index (χ1v) is 11.8. The second-order valence-corrected chi connectivity index (χ2v) is 8.89. The number of hydrogen-bond acceptors (Lipinski definition) is 8. The Balaban J connectivity index is 1.49. The second kappa shape index (κ2) is 10.1. The summed E-state index contributed by atoms with van der Waals surface area (Å²) in [6.45, 7) is 5.83. The first kappa shape index (κ1) is 24.0. The van der Waals surface area contributed by atoms with Gasteiger partial charge in [-0.05, 0) is 31.2 Å². The SMILES string of the molecule is CC(CNc1cc(Nc2cc(Cl)ccc2F)nc2c(C=C3NC(=O)NC3=O)cnn12)N1CCOCC1. The van der Waals surface area contributed by atoms with Crippen LogP contribution in [0.25, 0.3) is 11.7 Å². The molecule has 1 aromatic carbocycles. The Labute approximate surface area is 210 Å². The normalized spacial score (nSPS) is 18.4. The van der Waals surface area contributed by atoms with Gasteiger partial charge in [0.2, 0.25) is 0 Å². The van der Waals surface area contributed by atoms with E-state index in [0.29, 0.717) is 47.6 Å². The maximum atomic E-state index is 14.4. The highest BCUT2D eigenvalue weighted by atomic mass is 35.5. The molecule has 0 radical (unpaired) electrons. The van der Waals surface area contributed by atoms with Crippen molar-refractivity contribution >= 4 is 52.6 Å². The van der Waals surface area contributed by atoms with Gasteiger partial charge in [0.15, 0.2) is 5.65 Å². The van der Waals surface area contributed by atoms with E-state index < -0.39 is 17.8 Å². The summed E-state index contributed by atoms with van der Waals surface area (Å²) in [5.74, 6) is -0.0927. The lowest BCUT2D eigenvalue weighted by Gasteiger charge is -2.32. The molecular weight excluding hydrogens is 491 g/mol. The summed E-state index contributed by atoms with van der Waals surface area (Å²) in [4.78, 5) is 30.4. The molecule has 2 aromatic heterocycles. The van der Waals surface area contributed by atoms with Crippen molar-refractivity contribution in [3.05, 3.63) is 52.6 Å². The molecule has 3 aromatic rings. The highest BCUT2D eigenvalue weighted by Gasteiger charge is 2.24. The zero-order chi connectivity index (χ0) is 25.2. The molecule has 11 nitrogen and oxygen atoms in total. The third-order valence-corrected chi connectivity index (χ3v) is 6.19. The van der Waals surface area contributed by atoms with Crippen LogP contribution in [0.5, 0.6) is 0 Å². The van der Waals surface area contributed by atoms with Crippen LogP contribution < -0.4 is 21.3 Å². The monoisotopic (exact) mass is 514 g/mol. The van der Waals surface area contributed by atoms with Crippen LogP contribution in [-0.2, 0) is 9.53 Å². The first-order chi connectivity index (χ1) is 17.4. The van der Waals surface area contributed by atoms with Gasteiger partial charge in [-0.3, -0.25) is 15.0 Å². The number of carbonyl (C=O) groups is 2. The minimum absolute atomic E-state index is 0.0754. The summed E-state index contributed by atoms with van der Waals surface area (Å²) >= 11 is 6.05. The summed E-state index contributed by atoms with van der Waals surface area (Å²) in [7, 11) is 0. The number of anilines is 3. The number of imide groups is 1. The lowest BCUT2D eigenvalue weighted by molar-refractivity contribution is -0.115. The van der Waals surface area contributed by atoms with Gasteiger partial charge in [-0.1, -0.05) is 11.6 Å². The van der Waals surface area contributed by atoms with Crippen LogP contribution in [0.15, 0.2) is 36.2 Å². The van der Waals surface area contributed by atoms with E-state index in [-0.39, 0.29) is 17.4 Å². The Morgan fingerprint density at radius 2 is 2.06 bits per heavy atom. The average Bonchev–Trinajstić information content (AvgIpc) is 3.42. The van der Waals surface area contributed by atoms with Crippen LogP contribution in [0, 0.1) is 5.82 Å². The molecule has 1 unspecified atom stereocenters. The fourth-order valence-corrected chi connectivity index (χ4v) is 4.21. The molecule has 2 aliphatic heterocycles. The van der Waals surface area contributed by atoms with Crippen molar-refractivity contribution in [3.63, 3.8) is 0 Å². The standard InChI is InChI=1S/C23H24ClFN8O3/c1-13(32-4-6-36-7-5-32)11-26-20-10-19(28-17-9-15(24)2-3-16(17)25)30-21-14(12-27-33(20)21)8-18-22(34)31-23(35)29-18/h2-3,8-10,12-13,26H,4-7,11H2,1H3,(H,28,30)(H2,29,31,34,35). The van der Waals surface area contributed by atoms with E-state index >= 15 is 0 Å². The maximum absolute atomic E-state index is 14.4.